The van der Waals surface area contributed by atoms with E-state index >= 15 is 0 Å². The quantitative estimate of drug-likeness (QED) is 0.562. The van der Waals surface area contributed by atoms with E-state index in [4.69, 9.17) is 5.11 Å². The summed E-state index contributed by atoms with van der Waals surface area (Å²) < 4.78 is 1.20. The largest absolute Gasteiger partial charge is 0.478 e. The van der Waals surface area contributed by atoms with Gasteiger partial charge < -0.3 is 5.11 Å². The lowest BCUT2D eigenvalue weighted by atomic mass is 10.2. The molecule has 76 valence electrons. The van der Waals surface area contributed by atoms with E-state index in [-0.39, 0.29) is 16.9 Å². The van der Waals surface area contributed by atoms with Crippen LogP contribution in [-0.4, -0.2) is 30.6 Å². The highest BCUT2D eigenvalue weighted by Gasteiger charge is 2.17. The number of aromatic carboxylic acids is 1. The summed E-state index contributed by atoms with van der Waals surface area (Å²) in [6.45, 7) is 0. The number of hydrogen-bond donors (Lipinski definition) is 1. The summed E-state index contributed by atoms with van der Waals surface area (Å²) >= 11 is 0. The molecule has 0 unspecified atom stereocenters. The molecule has 15 heavy (non-hydrogen) atoms. The first-order valence-corrected chi connectivity index (χ1v) is 3.80. The third kappa shape index (κ3) is 1.37. The summed E-state index contributed by atoms with van der Waals surface area (Å²) in [4.78, 5) is 20.6. The van der Waals surface area contributed by atoms with Gasteiger partial charge in [-0.3, -0.25) is 14.5 Å². The van der Waals surface area contributed by atoms with Crippen molar-refractivity contribution in [3.63, 3.8) is 0 Å². The van der Waals surface area contributed by atoms with E-state index in [0.29, 0.717) is 0 Å². The second-order valence-corrected chi connectivity index (χ2v) is 2.74. The van der Waals surface area contributed by atoms with Crippen LogP contribution < -0.4 is 0 Å². The van der Waals surface area contributed by atoms with Gasteiger partial charge in [-0.1, -0.05) is 0 Å². The Morgan fingerprint density at radius 1 is 1.60 bits per heavy atom. The number of hydrogen-bond acceptors (Lipinski definition) is 5. The van der Waals surface area contributed by atoms with Crippen molar-refractivity contribution < 1.29 is 14.8 Å². The van der Waals surface area contributed by atoms with Crippen LogP contribution in [0, 0.1) is 10.1 Å². The summed E-state index contributed by atoms with van der Waals surface area (Å²) in [6, 6.07) is 0.951. The van der Waals surface area contributed by atoms with Crippen molar-refractivity contribution in [3.8, 4) is 0 Å². The van der Waals surface area contributed by atoms with Gasteiger partial charge in [-0.05, 0) is 0 Å². The van der Waals surface area contributed by atoms with Gasteiger partial charge in [0.2, 0.25) is 0 Å². The van der Waals surface area contributed by atoms with Crippen LogP contribution in [0.5, 0.6) is 0 Å². The van der Waals surface area contributed by atoms with Crippen molar-refractivity contribution in [2.45, 2.75) is 0 Å². The first-order valence-electron chi connectivity index (χ1n) is 3.80. The van der Waals surface area contributed by atoms with Gasteiger partial charge in [-0.2, -0.15) is 0 Å². The van der Waals surface area contributed by atoms with E-state index in [0.717, 1.165) is 12.3 Å². The molecule has 0 saturated carbocycles. The second-order valence-electron chi connectivity index (χ2n) is 2.74. The van der Waals surface area contributed by atoms with E-state index in [2.05, 4.69) is 10.2 Å². The zero-order valence-electron chi connectivity index (χ0n) is 7.19. The predicted octanol–water partition coefficient (Wildman–Crippen LogP) is 0.336. The smallest absolute Gasteiger partial charge is 0.339 e. The topological polar surface area (TPSA) is 111 Å². The van der Waals surface area contributed by atoms with Crippen LogP contribution in [0.1, 0.15) is 10.4 Å². The average Bonchev–Trinajstić information content (AvgIpc) is 2.62. The fourth-order valence-corrected chi connectivity index (χ4v) is 1.18. The lowest BCUT2D eigenvalue weighted by Gasteiger charge is -1.97. The first-order chi connectivity index (χ1) is 7.09. The maximum atomic E-state index is 10.8. The number of fused-ring (bicyclic) bond motifs is 1. The second kappa shape index (κ2) is 3.01. The van der Waals surface area contributed by atoms with Crippen molar-refractivity contribution in [2.75, 3.05) is 0 Å². The summed E-state index contributed by atoms with van der Waals surface area (Å²) in [6.07, 6.45) is 2.36. The molecule has 0 atom stereocenters. The zero-order valence-corrected chi connectivity index (χ0v) is 7.19. The minimum atomic E-state index is -1.28. The van der Waals surface area contributed by atoms with Crippen molar-refractivity contribution >= 4 is 17.3 Å². The molecule has 0 aliphatic heterocycles. The fourth-order valence-electron chi connectivity index (χ4n) is 1.18. The van der Waals surface area contributed by atoms with Crippen molar-refractivity contribution in [3.05, 3.63) is 34.3 Å². The van der Waals surface area contributed by atoms with Crippen LogP contribution in [0.2, 0.25) is 0 Å². The van der Waals surface area contributed by atoms with Gasteiger partial charge >= 0.3 is 5.97 Å². The van der Waals surface area contributed by atoms with E-state index in [1.54, 1.807) is 0 Å². The molecular formula is C7H4N4O4. The third-order valence-electron chi connectivity index (χ3n) is 1.82. The number of rotatable bonds is 2. The molecule has 2 aromatic heterocycles. The lowest BCUT2D eigenvalue weighted by Crippen LogP contribution is -2.02. The molecule has 0 aromatic carbocycles. The van der Waals surface area contributed by atoms with Gasteiger partial charge in [-0.25, -0.2) is 4.79 Å². The van der Waals surface area contributed by atoms with E-state index in [9.17, 15) is 14.9 Å². The average molecular weight is 208 g/mol. The SMILES string of the molecule is O=C(O)c1cc([N+](=O)[O-])cn2cnnc12. The van der Waals surface area contributed by atoms with Crippen LogP contribution in [0.4, 0.5) is 5.69 Å². The standard InChI is InChI=1S/C7H4N4O4/c12-7(13)5-1-4(11(14)15)2-10-3-8-9-6(5)10/h1-3H,(H,12,13). The molecule has 0 amide bonds. The van der Waals surface area contributed by atoms with Crippen molar-refractivity contribution in [1.29, 1.82) is 0 Å². The van der Waals surface area contributed by atoms with Gasteiger partial charge in [0.05, 0.1) is 11.1 Å². The fraction of sp³-hybridized carbons (Fsp3) is 0. The minimum Gasteiger partial charge on any atom is -0.478 e. The Bertz CT molecular complexity index is 561. The Morgan fingerprint density at radius 2 is 2.33 bits per heavy atom. The van der Waals surface area contributed by atoms with Crippen molar-refractivity contribution in [1.82, 2.24) is 14.6 Å². The monoisotopic (exact) mass is 208 g/mol. The molecule has 2 rings (SSSR count). The van der Waals surface area contributed by atoms with Crippen LogP contribution in [0.3, 0.4) is 0 Å². The molecule has 1 N–H and O–H groups in total. The molecule has 0 saturated heterocycles. The Balaban J connectivity index is 2.80. The molecular weight excluding hydrogens is 204 g/mol. The normalized spacial score (nSPS) is 10.4. The van der Waals surface area contributed by atoms with Gasteiger partial charge in [0.15, 0.2) is 5.65 Å². The summed E-state index contributed by atoms with van der Waals surface area (Å²) in [7, 11) is 0. The minimum absolute atomic E-state index is 0.0769. The Kier molecular flexibility index (Phi) is 1.82. The number of nitro groups is 1. The number of carboxylic acid groups (broad SMARTS) is 1. The van der Waals surface area contributed by atoms with Gasteiger partial charge in [0, 0.05) is 6.07 Å². The number of carboxylic acids is 1. The number of carbonyl (C=O) groups is 1. The Morgan fingerprint density at radius 3 is 2.93 bits per heavy atom. The molecule has 0 radical (unpaired) electrons. The molecule has 2 aromatic rings. The number of pyridine rings is 1. The van der Waals surface area contributed by atoms with E-state index in [1.165, 1.54) is 10.7 Å². The zero-order chi connectivity index (χ0) is 11.0. The number of aromatic nitrogens is 3. The maximum Gasteiger partial charge on any atom is 0.339 e. The van der Waals surface area contributed by atoms with Gasteiger partial charge in [0.25, 0.3) is 5.69 Å². The molecule has 8 nitrogen and oxygen atoms in total. The first kappa shape index (κ1) is 9.06. The Hall–Kier alpha value is -2.51. The van der Waals surface area contributed by atoms with Crippen LogP contribution >= 0.6 is 0 Å². The third-order valence-corrected chi connectivity index (χ3v) is 1.82. The molecule has 0 spiro atoms. The molecule has 0 aliphatic carbocycles. The van der Waals surface area contributed by atoms with Crippen molar-refractivity contribution in [2.24, 2.45) is 0 Å². The summed E-state index contributed by atoms with van der Waals surface area (Å²) in [5, 5.41) is 26.3. The summed E-state index contributed by atoms with van der Waals surface area (Å²) in [5.74, 6) is -1.28. The highest BCUT2D eigenvalue weighted by Crippen LogP contribution is 2.17. The predicted molar refractivity (Wildman–Crippen MR) is 46.6 cm³/mol. The summed E-state index contributed by atoms with van der Waals surface area (Å²) in [5.41, 5.74) is -0.491. The Labute approximate surface area is 81.9 Å². The lowest BCUT2D eigenvalue weighted by molar-refractivity contribution is -0.385. The highest BCUT2D eigenvalue weighted by molar-refractivity contribution is 5.94. The van der Waals surface area contributed by atoms with E-state index in [1.807, 2.05) is 0 Å². The van der Waals surface area contributed by atoms with E-state index < -0.39 is 10.9 Å². The highest BCUT2D eigenvalue weighted by atomic mass is 16.6. The molecule has 2 heterocycles. The molecule has 0 bridgehead atoms. The maximum absolute atomic E-state index is 10.8. The molecule has 0 fully saturated rings. The van der Waals surface area contributed by atoms with Crippen LogP contribution in [0.25, 0.3) is 5.65 Å². The van der Waals surface area contributed by atoms with Crippen LogP contribution in [0.15, 0.2) is 18.6 Å². The molecule has 0 aliphatic rings. The van der Waals surface area contributed by atoms with Crippen LogP contribution in [-0.2, 0) is 0 Å². The van der Waals surface area contributed by atoms with Gasteiger partial charge in [0.1, 0.15) is 11.9 Å². The van der Waals surface area contributed by atoms with Gasteiger partial charge in [-0.15, -0.1) is 10.2 Å². The number of nitrogens with zero attached hydrogens (tertiary/aromatic N) is 4. The molecule has 8 heteroatoms.